The molecule has 0 unspecified atom stereocenters. The van der Waals surface area contributed by atoms with Crippen molar-refractivity contribution < 1.29 is 15.3 Å². The van der Waals surface area contributed by atoms with E-state index in [-0.39, 0.29) is 30.8 Å². The Morgan fingerprint density at radius 2 is 1.43 bits per heavy atom. The molecule has 0 bridgehead atoms. The van der Waals surface area contributed by atoms with Crippen LogP contribution in [0.15, 0.2) is 0 Å². The van der Waals surface area contributed by atoms with Crippen LogP contribution in [-0.4, -0.2) is 52.2 Å². The van der Waals surface area contributed by atoms with Gasteiger partial charge in [0.1, 0.15) is 6.10 Å². The molecule has 0 fully saturated rings. The van der Waals surface area contributed by atoms with E-state index in [0.717, 1.165) is 0 Å². The second-order valence-corrected chi connectivity index (χ2v) is 1.02. The number of hydrogen-bond acceptors (Lipinski definition) is 3. The first-order valence-electron chi connectivity index (χ1n) is 1.71. The van der Waals surface area contributed by atoms with Crippen LogP contribution < -0.4 is 0 Å². The molecule has 42 valence electrons. The molecule has 0 aromatic carbocycles. The summed E-state index contributed by atoms with van der Waals surface area (Å²) in [6, 6.07) is 0. The zero-order chi connectivity index (χ0) is 4.99. The summed E-state index contributed by atoms with van der Waals surface area (Å²) in [6.07, 6.45) is -0.954. The van der Waals surface area contributed by atoms with Crippen LogP contribution in [0.1, 0.15) is 0 Å². The van der Waals surface area contributed by atoms with Gasteiger partial charge in [0.2, 0.25) is 0 Å². The van der Waals surface area contributed by atoms with Crippen LogP contribution in [-0.2, 0) is 0 Å². The van der Waals surface area contributed by atoms with E-state index < -0.39 is 6.10 Å². The molecule has 0 aliphatic heterocycles. The van der Waals surface area contributed by atoms with Crippen molar-refractivity contribution in [2.75, 3.05) is 13.2 Å². The molecule has 3 N–H and O–H groups in total. The van der Waals surface area contributed by atoms with Gasteiger partial charge in [0.15, 0.2) is 0 Å². The SMILES string of the molecule is OCC(O)CO.[Ge]. The summed E-state index contributed by atoms with van der Waals surface area (Å²) >= 11 is 0. The first-order valence-corrected chi connectivity index (χ1v) is 1.71. The van der Waals surface area contributed by atoms with Crippen molar-refractivity contribution in [2.24, 2.45) is 0 Å². The van der Waals surface area contributed by atoms with E-state index in [1.165, 1.54) is 0 Å². The van der Waals surface area contributed by atoms with Gasteiger partial charge in [-0.1, -0.05) is 0 Å². The molecule has 0 spiro atoms. The van der Waals surface area contributed by atoms with Crippen molar-refractivity contribution in [2.45, 2.75) is 6.10 Å². The van der Waals surface area contributed by atoms with Crippen LogP contribution in [0.4, 0.5) is 0 Å². The molecule has 4 heteroatoms. The number of aliphatic hydroxyl groups is 3. The van der Waals surface area contributed by atoms with E-state index in [2.05, 4.69) is 0 Å². The normalized spacial score (nSPS) is 8.57. The molecule has 4 radical (unpaired) electrons. The van der Waals surface area contributed by atoms with Gasteiger partial charge >= 0.3 is 0 Å². The Bertz CT molecular complexity index is 29.4. The van der Waals surface area contributed by atoms with Crippen LogP contribution in [0.2, 0.25) is 0 Å². The van der Waals surface area contributed by atoms with Crippen LogP contribution in [0, 0.1) is 0 Å². The molecular formula is C3H8GeO3. The zero-order valence-corrected chi connectivity index (χ0v) is 5.93. The number of hydrogen-bond donors (Lipinski definition) is 3. The monoisotopic (exact) mass is 166 g/mol. The van der Waals surface area contributed by atoms with Gasteiger partial charge in [-0.3, -0.25) is 0 Å². The van der Waals surface area contributed by atoms with Gasteiger partial charge in [0, 0.05) is 17.6 Å². The Hall–Kier alpha value is 0.423. The van der Waals surface area contributed by atoms with Crippen molar-refractivity contribution in [1.82, 2.24) is 0 Å². The summed E-state index contributed by atoms with van der Waals surface area (Å²) in [7, 11) is 0. The quantitative estimate of drug-likeness (QED) is 0.412. The van der Waals surface area contributed by atoms with Gasteiger partial charge < -0.3 is 15.3 Å². The Morgan fingerprint density at radius 1 is 1.14 bits per heavy atom. The molecule has 0 heterocycles. The van der Waals surface area contributed by atoms with Gasteiger partial charge in [-0.05, 0) is 0 Å². The Kier molecular flexibility index (Phi) is 9.55. The standard InChI is InChI=1S/C3H8O3.Ge/c4-1-3(6)2-5;/h3-6H,1-2H2;. The van der Waals surface area contributed by atoms with E-state index in [4.69, 9.17) is 15.3 Å². The summed E-state index contributed by atoms with van der Waals surface area (Å²) < 4.78 is 0. The Morgan fingerprint density at radius 3 is 1.43 bits per heavy atom. The minimum absolute atomic E-state index is 0. The smallest absolute Gasteiger partial charge is 0.100 e. The molecule has 0 aliphatic carbocycles. The molecule has 0 aromatic rings. The van der Waals surface area contributed by atoms with E-state index in [0.29, 0.717) is 0 Å². The maximum Gasteiger partial charge on any atom is 0.100 e. The average molecular weight is 165 g/mol. The fourth-order valence-electron chi connectivity index (χ4n) is 0.0577. The summed E-state index contributed by atoms with van der Waals surface area (Å²) in [5, 5.41) is 24.0. The van der Waals surface area contributed by atoms with Crippen molar-refractivity contribution in [3.05, 3.63) is 0 Å². The summed E-state index contributed by atoms with van der Waals surface area (Å²) in [5.41, 5.74) is 0. The van der Waals surface area contributed by atoms with Crippen molar-refractivity contribution in [3.8, 4) is 0 Å². The van der Waals surface area contributed by atoms with Crippen molar-refractivity contribution in [1.29, 1.82) is 0 Å². The van der Waals surface area contributed by atoms with Crippen molar-refractivity contribution in [3.63, 3.8) is 0 Å². The third-order valence-corrected chi connectivity index (χ3v) is 0.421. The second kappa shape index (κ2) is 6.42. The Balaban J connectivity index is 0. The molecule has 0 aliphatic rings. The predicted octanol–water partition coefficient (Wildman–Crippen LogP) is -2.05. The average Bonchev–Trinajstić information content (AvgIpc) is 1.65. The molecule has 0 aromatic heterocycles. The summed E-state index contributed by atoms with van der Waals surface area (Å²) in [4.78, 5) is 0. The minimum atomic E-state index is -0.954. The van der Waals surface area contributed by atoms with Crippen LogP contribution in [0.5, 0.6) is 0 Å². The first kappa shape index (κ1) is 10.4. The molecular weight excluding hydrogens is 157 g/mol. The zero-order valence-electron chi connectivity index (χ0n) is 3.83. The third kappa shape index (κ3) is 6.42. The van der Waals surface area contributed by atoms with E-state index >= 15 is 0 Å². The van der Waals surface area contributed by atoms with Crippen LogP contribution in [0.3, 0.4) is 0 Å². The summed E-state index contributed by atoms with van der Waals surface area (Å²) in [5.74, 6) is 0. The van der Waals surface area contributed by atoms with Gasteiger partial charge in [-0.25, -0.2) is 0 Å². The maximum atomic E-state index is 8.17. The first-order chi connectivity index (χ1) is 2.81. The van der Waals surface area contributed by atoms with Crippen LogP contribution >= 0.6 is 0 Å². The van der Waals surface area contributed by atoms with Gasteiger partial charge in [-0.2, -0.15) is 0 Å². The predicted molar refractivity (Wildman–Crippen MR) is 25.9 cm³/mol. The van der Waals surface area contributed by atoms with Gasteiger partial charge in [-0.15, -0.1) is 0 Å². The van der Waals surface area contributed by atoms with E-state index in [1.807, 2.05) is 0 Å². The third-order valence-electron chi connectivity index (χ3n) is 0.421. The molecule has 0 saturated carbocycles. The van der Waals surface area contributed by atoms with Gasteiger partial charge in [0.25, 0.3) is 0 Å². The molecule has 0 amide bonds. The van der Waals surface area contributed by atoms with Crippen LogP contribution in [0.25, 0.3) is 0 Å². The molecule has 0 saturated heterocycles. The molecule has 0 rings (SSSR count). The van der Waals surface area contributed by atoms with E-state index in [1.54, 1.807) is 0 Å². The fourth-order valence-corrected chi connectivity index (χ4v) is 0.0577. The fraction of sp³-hybridized carbons (Fsp3) is 1.00. The van der Waals surface area contributed by atoms with Crippen molar-refractivity contribution >= 4 is 17.6 Å². The second-order valence-electron chi connectivity index (χ2n) is 1.02. The largest absolute Gasteiger partial charge is 0.394 e. The maximum absolute atomic E-state index is 8.17. The molecule has 0 atom stereocenters. The topological polar surface area (TPSA) is 60.7 Å². The Labute approximate surface area is 52.9 Å². The van der Waals surface area contributed by atoms with E-state index in [9.17, 15) is 0 Å². The summed E-state index contributed by atoms with van der Waals surface area (Å²) in [6.45, 7) is -0.729. The number of aliphatic hydroxyl groups excluding tert-OH is 3. The molecule has 7 heavy (non-hydrogen) atoms. The molecule has 3 nitrogen and oxygen atoms in total. The minimum Gasteiger partial charge on any atom is -0.394 e. The van der Waals surface area contributed by atoms with Gasteiger partial charge in [0.05, 0.1) is 13.2 Å². The number of rotatable bonds is 2.